The van der Waals surface area contributed by atoms with Crippen molar-refractivity contribution in [2.45, 2.75) is 52.6 Å². The standard InChI is InChI=1S/C13H24N2/c1-4-6-8-14-12(3)13-7-10-15(11-13)9-5-2/h7,10-12,14H,4-6,8-9H2,1-3H3/t12-/m1/s1. The Labute approximate surface area is 93.7 Å². The number of aromatic nitrogens is 1. The lowest BCUT2D eigenvalue weighted by Crippen LogP contribution is -2.19. The second-order valence-corrected chi connectivity index (χ2v) is 4.21. The lowest BCUT2D eigenvalue weighted by Gasteiger charge is -2.11. The molecule has 0 unspecified atom stereocenters. The van der Waals surface area contributed by atoms with Crippen LogP contribution in [0.3, 0.4) is 0 Å². The second kappa shape index (κ2) is 6.67. The quantitative estimate of drug-likeness (QED) is 0.680. The second-order valence-electron chi connectivity index (χ2n) is 4.21. The molecule has 2 nitrogen and oxygen atoms in total. The van der Waals surface area contributed by atoms with Gasteiger partial charge >= 0.3 is 0 Å². The van der Waals surface area contributed by atoms with Gasteiger partial charge in [0.15, 0.2) is 0 Å². The predicted octanol–water partition coefficient (Wildman–Crippen LogP) is 3.35. The maximum atomic E-state index is 3.54. The Morgan fingerprint density at radius 3 is 2.80 bits per heavy atom. The van der Waals surface area contributed by atoms with Crippen LogP contribution in [0.4, 0.5) is 0 Å². The van der Waals surface area contributed by atoms with E-state index in [4.69, 9.17) is 0 Å². The number of nitrogens with one attached hydrogen (secondary N) is 1. The van der Waals surface area contributed by atoms with Gasteiger partial charge in [-0.05, 0) is 37.9 Å². The molecule has 1 heterocycles. The maximum Gasteiger partial charge on any atom is 0.0306 e. The summed E-state index contributed by atoms with van der Waals surface area (Å²) in [5, 5.41) is 3.54. The molecule has 86 valence electrons. The molecular formula is C13H24N2. The summed E-state index contributed by atoms with van der Waals surface area (Å²) in [6.45, 7) is 8.92. The first-order valence-electron chi connectivity index (χ1n) is 6.17. The molecule has 1 atom stereocenters. The molecule has 1 aromatic rings. The maximum absolute atomic E-state index is 3.54. The molecule has 15 heavy (non-hydrogen) atoms. The Hall–Kier alpha value is -0.760. The summed E-state index contributed by atoms with van der Waals surface area (Å²) in [6.07, 6.45) is 8.16. The van der Waals surface area contributed by atoms with Gasteiger partial charge in [-0.2, -0.15) is 0 Å². The third-order valence-corrected chi connectivity index (χ3v) is 2.74. The first-order chi connectivity index (χ1) is 7.27. The van der Waals surface area contributed by atoms with Crippen LogP contribution in [0, 0.1) is 0 Å². The summed E-state index contributed by atoms with van der Waals surface area (Å²) in [5.41, 5.74) is 1.40. The van der Waals surface area contributed by atoms with Gasteiger partial charge in [-0.25, -0.2) is 0 Å². The van der Waals surface area contributed by atoms with E-state index in [0.717, 1.165) is 13.1 Å². The first-order valence-corrected chi connectivity index (χ1v) is 6.17. The number of hydrogen-bond donors (Lipinski definition) is 1. The first kappa shape index (κ1) is 12.3. The van der Waals surface area contributed by atoms with Gasteiger partial charge in [0.05, 0.1) is 0 Å². The minimum absolute atomic E-state index is 0.481. The normalized spacial score (nSPS) is 13.0. The fraction of sp³-hybridized carbons (Fsp3) is 0.692. The van der Waals surface area contributed by atoms with Gasteiger partial charge in [0, 0.05) is 25.0 Å². The average Bonchev–Trinajstić information content (AvgIpc) is 2.67. The van der Waals surface area contributed by atoms with E-state index in [1.165, 1.54) is 24.8 Å². The van der Waals surface area contributed by atoms with E-state index < -0.39 is 0 Å². The van der Waals surface area contributed by atoms with Crippen LogP contribution in [0.25, 0.3) is 0 Å². The van der Waals surface area contributed by atoms with Gasteiger partial charge in [-0.3, -0.25) is 0 Å². The minimum atomic E-state index is 0.481. The fourth-order valence-electron chi connectivity index (χ4n) is 1.73. The number of aryl methyl sites for hydroxylation is 1. The molecule has 2 heteroatoms. The number of unbranched alkanes of at least 4 members (excludes halogenated alkanes) is 1. The minimum Gasteiger partial charge on any atom is -0.354 e. The third-order valence-electron chi connectivity index (χ3n) is 2.74. The van der Waals surface area contributed by atoms with E-state index >= 15 is 0 Å². The molecule has 1 aromatic heterocycles. The molecular weight excluding hydrogens is 184 g/mol. The summed E-state index contributed by atoms with van der Waals surface area (Å²) in [5.74, 6) is 0. The van der Waals surface area contributed by atoms with Crippen molar-refractivity contribution in [3.05, 3.63) is 24.0 Å². The summed E-state index contributed by atoms with van der Waals surface area (Å²) in [7, 11) is 0. The van der Waals surface area contributed by atoms with E-state index in [9.17, 15) is 0 Å². The molecule has 0 saturated carbocycles. The smallest absolute Gasteiger partial charge is 0.0306 e. The lowest BCUT2D eigenvalue weighted by molar-refractivity contribution is 0.552. The molecule has 0 bridgehead atoms. The summed E-state index contributed by atoms with van der Waals surface area (Å²) in [4.78, 5) is 0. The molecule has 0 aromatic carbocycles. The van der Waals surface area contributed by atoms with E-state index in [0.29, 0.717) is 6.04 Å². The highest BCUT2D eigenvalue weighted by Gasteiger charge is 2.05. The Balaban J connectivity index is 2.39. The van der Waals surface area contributed by atoms with Crippen molar-refractivity contribution >= 4 is 0 Å². The Morgan fingerprint density at radius 2 is 2.13 bits per heavy atom. The summed E-state index contributed by atoms with van der Waals surface area (Å²) in [6, 6.07) is 2.70. The van der Waals surface area contributed by atoms with E-state index in [2.05, 4.69) is 49.1 Å². The van der Waals surface area contributed by atoms with Crippen molar-refractivity contribution < 1.29 is 0 Å². The zero-order valence-electron chi connectivity index (χ0n) is 10.3. The van der Waals surface area contributed by atoms with Gasteiger partial charge in [0.1, 0.15) is 0 Å². The molecule has 0 aliphatic rings. The van der Waals surface area contributed by atoms with E-state index in [1.54, 1.807) is 0 Å². The van der Waals surface area contributed by atoms with Gasteiger partial charge in [-0.1, -0.05) is 20.3 Å². The largest absolute Gasteiger partial charge is 0.354 e. The van der Waals surface area contributed by atoms with Crippen LogP contribution in [0.5, 0.6) is 0 Å². The van der Waals surface area contributed by atoms with Gasteiger partial charge in [0.25, 0.3) is 0 Å². The van der Waals surface area contributed by atoms with Crippen LogP contribution >= 0.6 is 0 Å². The van der Waals surface area contributed by atoms with Crippen molar-refractivity contribution in [2.24, 2.45) is 0 Å². The predicted molar refractivity (Wildman–Crippen MR) is 66.0 cm³/mol. The van der Waals surface area contributed by atoms with Crippen LogP contribution in [0.15, 0.2) is 18.5 Å². The van der Waals surface area contributed by atoms with Crippen molar-refractivity contribution in [1.29, 1.82) is 0 Å². The molecule has 0 aliphatic carbocycles. The van der Waals surface area contributed by atoms with Gasteiger partial charge in [-0.15, -0.1) is 0 Å². The molecule has 0 radical (unpaired) electrons. The van der Waals surface area contributed by atoms with Crippen molar-refractivity contribution in [3.63, 3.8) is 0 Å². The zero-order chi connectivity index (χ0) is 11.1. The molecule has 0 fully saturated rings. The molecule has 1 rings (SSSR count). The zero-order valence-corrected chi connectivity index (χ0v) is 10.3. The van der Waals surface area contributed by atoms with Crippen molar-refractivity contribution in [1.82, 2.24) is 9.88 Å². The monoisotopic (exact) mass is 208 g/mol. The van der Waals surface area contributed by atoms with Crippen LogP contribution in [-0.4, -0.2) is 11.1 Å². The van der Waals surface area contributed by atoms with Crippen LogP contribution in [0.2, 0.25) is 0 Å². The molecule has 0 aliphatic heterocycles. The Bertz CT molecular complexity index is 265. The summed E-state index contributed by atoms with van der Waals surface area (Å²) >= 11 is 0. The van der Waals surface area contributed by atoms with E-state index in [1.807, 2.05) is 0 Å². The van der Waals surface area contributed by atoms with Crippen LogP contribution in [0.1, 0.15) is 51.6 Å². The Morgan fingerprint density at radius 1 is 1.33 bits per heavy atom. The topological polar surface area (TPSA) is 17.0 Å². The average molecular weight is 208 g/mol. The van der Waals surface area contributed by atoms with E-state index in [-0.39, 0.29) is 0 Å². The Kier molecular flexibility index (Phi) is 5.48. The number of hydrogen-bond acceptors (Lipinski definition) is 1. The number of nitrogens with zero attached hydrogens (tertiary/aromatic N) is 1. The van der Waals surface area contributed by atoms with Crippen molar-refractivity contribution in [3.8, 4) is 0 Å². The van der Waals surface area contributed by atoms with Gasteiger partial charge < -0.3 is 9.88 Å². The highest BCUT2D eigenvalue weighted by atomic mass is 15.0. The SMILES string of the molecule is CCCCN[C@H](C)c1ccn(CCC)c1. The summed E-state index contributed by atoms with van der Waals surface area (Å²) < 4.78 is 2.27. The fourth-order valence-corrected chi connectivity index (χ4v) is 1.73. The third kappa shape index (κ3) is 4.08. The molecule has 0 saturated heterocycles. The van der Waals surface area contributed by atoms with Gasteiger partial charge in [0.2, 0.25) is 0 Å². The highest BCUT2D eigenvalue weighted by molar-refractivity contribution is 5.14. The number of rotatable bonds is 7. The molecule has 1 N–H and O–H groups in total. The molecule has 0 amide bonds. The lowest BCUT2D eigenvalue weighted by atomic mass is 10.2. The highest BCUT2D eigenvalue weighted by Crippen LogP contribution is 2.12. The van der Waals surface area contributed by atoms with Crippen LogP contribution in [-0.2, 0) is 6.54 Å². The van der Waals surface area contributed by atoms with Crippen molar-refractivity contribution in [2.75, 3.05) is 6.54 Å². The van der Waals surface area contributed by atoms with Crippen LogP contribution < -0.4 is 5.32 Å². The molecule has 0 spiro atoms.